The molecule has 3 heterocycles. The van der Waals surface area contributed by atoms with Crippen LogP contribution in [0.2, 0.25) is 0 Å². The minimum Gasteiger partial charge on any atom is -0.378 e. The lowest BCUT2D eigenvalue weighted by molar-refractivity contribution is -0.384. The van der Waals surface area contributed by atoms with Crippen LogP contribution in [0.5, 0.6) is 0 Å². The summed E-state index contributed by atoms with van der Waals surface area (Å²) in [5, 5.41) is 14.6. The van der Waals surface area contributed by atoms with Crippen molar-refractivity contribution in [3.8, 4) is 0 Å². The van der Waals surface area contributed by atoms with Crippen LogP contribution in [0.25, 0.3) is 5.65 Å². The molecule has 0 saturated carbocycles. The number of aromatic nitrogens is 2. The van der Waals surface area contributed by atoms with Crippen LogP contribution in [0.1, 0.15) is 21.7 Å². The maximum absolute atomic E-state index is 12.6. The monoisotopic (exact) mass is 395 g/mol. The number of amides is 1. The second kappa shape index (κ2) is 7.88. The number of nitrogens with one attached hydrogen (secondary N) is 1. The fourth-order valence-corrected chi connectivity index (χ4v) is 3.38. The molecule has 1 N–H and O–H groups in total. The van der Waals surface area contributed by atoms with E-state index in [9.17, 15) is 14.9 Å². The molecule has 0 aliphatic carbocycles. The van der Waals surface area contributed by atoms with Crippen molar-refractivity contribution in [1.82, 2.24) is 14.3 Å². The fraction of sp³-hybridized carbons (Fsp3) is 0.300. The molecule has 1 aromatic carbocycles. The van der Waals surface area contributed by atoms with Gasteiger partial charge < -0.3 is 19.4 Å². The van der Waals surface area contributed by atoms with Crippen molar-refractivity contribution in [2.24, 2.45) is 0 Å². The summed E-state index contributed by atoms with van der Waals surface area (Å²) in [6.07, 6.45) is 1.90. The number of pyridine rings is 1. The second-order valence-electron chi connectivity index (χ2n) is 6.87. The molecule has 2 aromatic heterocycles. The van der Waals surface area contributed by atoms with Crippen LogP contribution in [0.4, 0.5) is 11.4 Å². The summed E-state index contributed by atoms with van der Waals surface area (Å²) in [5.74, 6) is -0.223. The van der Waals surface area contributed by atoms with Crippen molar-refractivity contribution in [2.45, 2.75) is 13.5 Å². The van der Waals surface area contributed by atoms with Gasteiger partial charge in [-0.3, -0.25) is 14.9 Å². The van der Waals surface area contributed by atoms with Crippen molar-refractivity contribution in [1.29, 1.82) is 0 Å². The normalized spacial score (nSPS) is 14.2. The summed E-state index contributed by atoms with van der Waals surface area (Å²) < 4.78 is 7.22. The lowest BCUT2D eigenvalue weighted by Crippen LogP contribution is -2.40. The highest BCUT2D eigenvalue weighted by atomic mass is 16.6. The van der Waals surface area contributed by atoms with E-state index in [1.165, 1.54) is 6.07 Å². The zero-order chi connectivity index (χ0) is 20.4. The zero-order valence-corrected chi connectivity index (χ0v) is 16.0. The number of aryl methyl sites for hydroxylation is 1. The van der Waals surface area contributed by atoms with Gasteiger partial charge in [-0.1, -0.05) is 6.07 Å². The molecular weight excluding hydrogens is 374 g/mol. The van der Waals surface area contributed by atoms with Gasteiger partial charge in [0, 0.05) is 36.6 Å². The Morgan fingerprint density at radius 3 is 2.79 bits per heavy atom. The number of nitrogens with zero attached hydrogens (tertiary/aromatic N) is 4. The summed E-state index contributed by atoms with van der Waals surface area (Å²) in [6.45, 7) is 4.25. The molecule has 0 radical (unpaired) electrons. The van der Waals surface area contributed by atoms with Crippen LogP contribution >= 0.6 is 0 Å². The van der Waals surface area contributed by atoms with Crippen LogP contribution < -0.4 is 5.32 Å². The van der Waals surface area contributed by atoms with Crippen LogP contribution in [-0.2, 0) is 11.3 Å². The highest BCUT2D eigenvalue weighted by Crippen LogP contribution is 2.27. The number of carbonyl (C=O) groups is 1. The van der Waals surface area contributed by atoms with Gasteiger partial charge in [-0.15, -0.1) is 0 Å². The fourth-order valence-electron chi connectivity index (χ4n) is 3.38. The molecule has 9 nitrogen and oxygen atoms in total. The summed E-state index contributed by atoms with van der Waals surface area (Å²) >= 11 is 0. The number of nitro groups is 1. The maximum Gasteiger partial charge on any atom is 0.293 e. The number of benzene rings is 1. The Balaban J connectivity index is 1.54. The van der Waals surface area contributed by atoms with E-state index in [0.717, 1.165) is 17.0 Å². The quantitative estimate of drug-likeness (QED) is 0.526. The smallest absolute Gasteiger partial charge is 0.293 e. The Morgan fingerprint density at radius 2 is 2.07 bits per heavy atom. The Bertz CT molecular complexity index is 1070. The lowest BCUT2D eigenvalue weighted by atomic mass is 10.1. The zero-order valence-electron chi connectivity index (χ0n) is 16.0. The number of nitro benzene ring substituents is 1. The van der Waals surface area contributed by atoms with Crippen LogP contribution in [-0.4, -0.2) is 51.4 Å². The molecule has 1 fully saturated rings. The highest BCUT2D eigenvalue weighted by molar-refractivity contribution is 5.95. The van der Waals surface area contributed by atoms with Gasteiger partial charge in [-0.2, -0.15) is 0 Å². The summed E-state index contributed by atoms with van der Waals surface area (Å²) in [4.78, 5) is 29.9. The molecule has 0 spiro atoms. The van der Waals surface area contributed by atoms with Gasteiger partial charge in [0.05, 0.1) is 30.4 Å². The topological polar surface area (TPSA) is 102 Å². The van der Waals surface area contributed by atoms with E-state index < -0.39 is 4.92 Å². The van der Waals surface area contributed by atoms with E-state index in [-0.39, 0.29) is 11.6 Å². The van der Waals surface area contributed by atoms with Crippen LogP contribution in [0.15, 0.2) is 42.6 Å². The Morgan fingerprint density at radius 1 is 1.28 bits per heavy atom. The molecule has 1 saturated heterocycles. The lowest BCUT2D eigenvalue weighted by Gasteiger charge is -2.26. The van der Waals surface area contributed by atoms with Crippen molar-refractivity contribution >= 4 is 22.9 Å². The predicted molar refractivity (Wildman–Crippen MR) is 107 cm³/mol. The summed E-state index contributed by atoms with van der Waals surface area (Å²) in [7, 11) is 0. The Labute approximate surface area is 167 Å². The third kappa shape index (κ3) is 3.90. The van der Waals surface area contributed by atoms with E-state index in [1.54, 1.807) is 17.0 Å². The van der Waals surface area contributed by atoms with Crippen LogP contribution in [0.3, 0.4) is 0 Å². The number of morpholine rings is 1. The molecule has 4 rings (SSSR count). The molecule has 150 valence electrons. The SMILES string of the molecule is Cc1cccc2nc(CNc3ccc(C(=O)N4CCOCC4)cc3[N+](=O)[O-])cn12. The average Bonchev–Trinajstić information content (AvgIpc) is 3.17. The number of rotatable bonds is 5. The Hall–Kier alpha value is -3.46. The van der Waals surface area contributed by atoms with Gasteiger partial charge in [-0.05, 0) is 31.2 Å². The van der Waals surface area contributed by atoms with E-state index in [4.69, 9.17) is 4.74 Å². The van der Waals surface area contributed by atoms with Gasteiger partial charge in [0.25, 0.3) is 11.6 Å². The van der Waals surface area contributed by atoms with Gasteiger partial charge in [0.15, 0.2) is 0 Å². The first-order chi connectivity index (χ1) is 14.0. The molecule has 3 aromatic rings. The van der Waals surface area contributed by atoms with Crippen molar-refractivity contribution in [3.05, 3.63) is 69.7 Å². The average molecular weight is 395 g/mol. The number of hydrogen-bond donors (Lipinski definition) is 1. The summed E-state index contributed by atoms with van der Waals surface area (Å²) in [5.41, 5.74) is 3.15. The van der Waals surface area contributed by atoms with E-state index in [1.807, 2.05) is 35.7 Å². The maximum atomic E-state index is 12.6. The molecule has 1 amide bonds. The minimum absolute atomic E-state index is 0.135. The first kappa shape index (κ1) is 18.9. The minimum atomic E-state index is -0.480. The molecule has 0 atom stereocenters. The van der Waals surface area contributed by atoms with Gasteiger partial charge in [0.1, 0.15) is 11.3 Å². The molecule has 1 aliphatic heterocycles. The standard InChI is InChI=1S/C20H21N5O4/c1-14-3-2-4-19-22-16(13-24(14)19)12-21-17-6-5-15(11-18(17)25(27)28)20(26)23-7-9-29-10-8-23/h2-6,11,13,21H,7-10,12H2,1H3. The highest BCUT2D eigenvalue weighted by Gasteiger charge is 2.22. The summed E-state index contributed by atoms with van der Waals surface area (Å²) in [6, 6.07) is 10.3. The predicted octanol–water partition coefficient (Wildman–Crippen LogP) is 2.64. The largest absolute Gasteiger partial charge is 0.378 e. The number of fused-ring (bicyclic) bond motifs is 1. The molecule has 0 bridgehead atoms. The first-order valence-corrected chi connectivity index (χ1v) is 9.36. The van der Waals surface area contributed by atoms with E-state index in [0.29, 0.717) is 44.1 Å². The van der Waals surface area contributed by atoms with E-state index in [2.05, 4.69) is 10.3 Å². The number of hydrogen-bond acceptors (Lipinski definition) is 6. The number of ether oxygens (including phenoxy) is 1. The van der Waals surface area contributed by atoms with Crippen molar-refractivity contribution in [2.75, 3.05) is 31.6 Å². The number of imidazole rings is 1. The van der Waals surface area contributed by atoms with Gasteiger partial charge >= 0.3 is 0 Å². The third-order valence-electron chi connectivity index (χ3n) is 4.95. The molecule has 9 heteroatoms. The molecule has 1 aliphatic rings. The number of carbonyl (C=O) groups excluding carboxylic acids is 1. The second-order valence-corrected chi connectivity index (χ2v) is 6.87. The molecular formula is C20H21N5O4. The Kier molecular flexibility index (Phi) is 5.13. The third-order valence-corrected chi connectivity index (χ3v) is 4.95. The van der Waals surface area contributed by atoms with Gasteiger partial charge in [-0.25, -0.2) is 4.98 Å². The molecule has 29 heavy (non-hydrogen) atoms. The van der Waals surface area contributed by atoms with Gasteiger partial charge in [0.2, 0.25) is 0 Å². The van der Waals surface area contributed by atoms with Crippen LogP contribution in [0, 0.1) is 17.0 Å². The molecule has 0 unspecified atom stereocenters. The van der Waals surface area contributed by atoms with E-state index >= 15 is 0 Å². The first-order valence-electron chi connectivity index (χ1n) is 9.36. The number of anilines is 1. The van der Waals surface area contributed by atoms with Crippen molar-refractivity contribution in [3.63, 3.8) is 0 Å². The van der Waals surface area contributed by atoms with Crippen molar-refractivity contribution < 1.29 is 14.5 Å².